The molecule has 0 aliphatic carbocycles. The Kier molecular flexibility index (Phi) is 3.55. The molecule has 9 heteroatoms. The van der Waals surface area contributed by atoms with Gasteiger partial charge in [0.05, 0.1) is 5.69 Å². The molecule has 22 heavy (non-hydrogen) atoms. The van der Waals surface area contributed by atoms with E-state index in [4.69, 9.17) is 0 Å². The number of aryl methyl sites for hydroxylation is 1. The van der Waals surface area contributed by atoms with Crippen molar-refractivity contribution in [2.24, 2.45) is 0 Å². The van der Waals surface area contributed by atoms with Crippen molar-refractivity contribution in [3.63, 3.8) is 0 Å². The van der Waals surface area contributed by atoms with E-state index >= 15 is 0 Å². The summed E-state index contributed by atoms with van der Waals surface area (Å²) in [5.74, 6) is -0.409. The number of nitrogens with one attached hydrogen (secondary N) is 2. The summed E-state index contributed by atoms with van der Waals surface area (Å²) >= 11 is 0.954. The van der Waals surface area contributed by atoms with Crippen molar-refractivity contribution < 1.29 is 4.79 Å². The molecular formula is C13H12N6O2S. The summed E-state index contributed by atoms with van der Waals surface area (Å²) in [7, 11) is 1.49. The van der Waals surface area contributed by atoms with Crippen LogP contribution < -0.4 is 10.9 Å². The van der Waals surface area contributed by atoms with E-state index < -0.39 is 5.91 Å². The third-order valence-corrected chi connectivity index (χ3v) is 3.84. The van der Waals surface area contributed by atoms with Crippen LogP contribution in [-0.4, -0.2) is 37.5 Å². The fourth-order valence-corrected chi connectivity index (χ4v) is 2.57. The van der Waals surface area contributed by atoms with Gasteiger partial charge in [-0.05, 0) is 30.6 Å². The average molecular weight is 316 g/mol. The molecule has 0 saturated heterocycles. The van der Waals surface area contributed by atoms with E-state index in [9.17, 15) is 9.59 Å². The smallest absolute Gasteiger partial charge is 0.300 e. The van der Waals surface area contributed by atoms with Gasteiger partial charge in [-0.3, -0.25) is 9.59 Å². The van der Waals surface area contributed by atoms with Gasteiger partial charge in [0, 0.05) is 7.05 Å². The first-order valence-electron chi connectivity index (χ1n) is 6.41. The summed E-state index contributed by atoms with van der Waals surface area (Å²) < 4.78 is 5.04. The topological polar surface area (TPSA) is 106 Å². The van der Waals surface area contributed by atoms with Crippen molar-refractivity contribution in [2.75, 3.05) is 7.05 Å². The first-order valence-corrected chi connectivity index (χ1v) is 7.18. The molecule has 0 radical (unpaired) electrons. The number of carbonyl (C=O) groups excluding carboxylic acids is 1. The molecule has 0 saturated carbocycles. The number of hydrogen-bond donors (Lipinski definition) is 2. The largest absolute Gasteiger partial charge is 0.354 e. The molecule has 8 nitrogen and oxygen atoms in total. The van der Waals surface area contributed by atoms with Gasteiger partial charge in [-0.1, -0.05) is 22.2 Å². The van der Waals surface area contributed by atoms with Crippen molar-refractivity contribution in [1.82, 2.24) is 29.9 Å². The molecule has 3 rings (SSSR count). The molecule has 0 unspecified atom stereocenters. The SMILES string of the molecule is CNC(=O)c1nnsc1-c1n[nH]n(-c2ccc(C)cc2)c1=O. The van der Waals surface area contributed by atoms with Gasteiger partial charge in [0.2, 0.25) is 0 Å². The molecule has 0 fully saturated rings. The average Bonchev–Trinajstić information content (AvgIpc) is 3.14. The number of rotatable bonds is 3. The van der Waals surface area contributed by atoms with Crippen LogP contribution >= 0.6 is 11.5 Å². The number of aromatic amines is 1. The number of aromatic nitrogens is 5. The lowest BCUT2D eigenvalue weighted by Gasteiger charge is -2.00. The van der Waals surface area contributed by atoms with E-state index in [0.29, 0.717) is 10.6 Å². The maximum absolute atomic E-state index is 12.5. The predicted molar refractivity (Wildman–Crippen MR) is 81.2 cm³/mol. The fraction of sp³-hybridized carbons (Fsp3) is 0.154. The minimum absolute atomic E-state index is 0.0900. The summed E-state index contributed by atoms with van der Waals surface area (Å²) in [4.78, 5) is 24.6. The predicted octanol–water partition coefficient (Wildman–Crippen LogP) is 0.747. The molecule has 0 bridgehead atoms. The molecule has 0 atom stereocenters. The van der Waals surface area contributed by atoms with Crippen LogP contribution in [0.3, 0.4) is 0 Å². The van der Waals surface area contributed by atoms with Crippen molar-refractivity contribution in [3.05, 3.63) is 45.9 Å². The number of benzene rings is 1. The van der Waals surface area contributed by atoms with Crippen LogP contribution in [0.2, 0.25) is 0 Å². The van der Waals surface area contributed by atoms with E-state index in [2.05, 4.69) is 25.2 Å². The minimum atomic E-state index is -0.409. The number of H-pyrrole nitrogens is 1. The summed E-state index contributed by atoms with van der Waals surface area (Å²) in [5, 5.41) is 12.9. The molecule has 2 aromatic heterocycles. The quantitative estimate of drug-likeness (QED) is 0.741. The Bertz CT molecular complexity index is 877. The number of nitrogens with zero attached hydrogens (tertiary/aromatic N) is 4. The molecule has 3 aromatic rings. The lowest BCUT2D eigenvalue weighted by Crippen LogP contribution is -2.20. The summed E-state index contributed by atoms with van der Waals surface area (Å²) in [6, 6.07) is 7.41. The van der Waals surface area contributed by atoms with E-state index in [1.807, 2.05) is 31.2 Å². The van der Waals surface area contributed by atoms with Gasteiger partial charge >= 0.3 is 0 Å². The van der Waals surface area contributed by atoms with Gasteiger partial charge in [0.1, 0.15) is 4.88 Å². The van der Waals surface area contributed by atoms with E-state index in [-0.39, 0.29) is 16.9 Å². The standard InChI is InChI=1S/C13H12N6O2S/c1-7-3-5-8(6-4-7)19-13(21)10(15-17-19)11-9(12(20)14-2)16-18-22-11/h3-6,17H,1-2H3,(H,14,20). The second kappa shape index (κ2) is 5.53. The van der Waals surface area contributed by atoms with Crippen LogP contribution in [0.5, 0.6) is 0 Å². The molecule has 0 spiro atoms. The lowest BCUT2D eigenvalue weighted by atomic mass is 10.2. The van der Waals surface area contributed by atoms with Crippen LogP contribution in [0.15, 0.2) is 29.1 Å². The Morgan fingerprint density at radius 1 is 1.32 bits per heavy atom. The second-order valence-electron chi connectivity index (χ2n) is 4.57. The molecule has 112 valence electrons. The van der Waals surface area contributed by atoms with Crippen molar-refractivity contribution in [1.29, 1.82) is 0 Å². The first kappa shape index (κ1) is 14.1. The molecule has 1 aromatic carbocycles. The van der Waals surface area contributed by atoms with Gasteiger partial charge in [-0.2, -0.15) is 5.10 Å². The third-order valence-electron chi connectivity index (χ3n) is 3.10. The van der Waals surface area contributed by atoms with Crippen LogP contribution in [0.25, 0.3) is 16.3 Å². The van der Waals surface area contributed by atoms with Crippen LogP contribution in [0, 0.1) is 6.92 Å². The summed E-state index contributed by atoms with van der Waals surface area (Å²) in [5.41, 5.74) is 1.60. The minimum Gasteiger partial charge on any atom is -0.354 e. The highest BCUT2D eigenvalue weighted by molar-refractivity contribution is 7.09. The maximum Gasteiger partial charge on any atom is 0.300 e. The van der Waals surface area contributed by atoms with Crippen molar-refractivity contribution in [2.45, 2.75) is 6.92 Å². The molecule has 1 amide bonds. The number of hydrogen-bond acceptors (Lipinski definition) is 6. The highest BCUT2D eigenvalue weighted by Crippen LogP contribution is 2.21. The first-order chi connectivity index (χ1) is 10.6. The lowest BCUT2D eigenvalue weighted by molar-refractivity contribution is 0.0959. The van der Waals surface area contributed by atoms with Gasteiger partial charge in [-0.25, -0.2) is 9.90 Å². The highest BCUT2D eigenvalue weighted by Gasteiger charge is 2.22. The molecule has 2 heterocycles. The van der Waals surface area contributed by atoms with E-state index in [0.717, 1.165) is 17.1 Å². The van der Waals surface area contributed by atoms with Crippen LogP contribution in [0.1, 0.15) is 16.1 Å². The molecule has 2 N–H and O–H groups in total. The fourth-order valence-electron chi connectivity index (χ4n) is 1.93. The number of amides is 1. The van der Waals surface area contributed by atoms with Gasteiger partial charge < -0.3 is 5.32 Å². The second-order valence-corrected chi connectivity index (χ2v) is 5.32. The Balaban J connectivity index is 2.08. The highest BCUT2D eigenvalue weighted by atomic mass is 32.1. The number of carbonyl (C=O) groups is 1. The monoisotopic (exact) mass is 316 g/mol. The summed E-state index contributed by atoms with van der Waals surface area (Å²) in [6.07, 6.45) is 0. The maximum atomic E-state index is 12.5. The Morgan fingerprint density at radius 3 is 2.73 bits per heavy atom. The van der Waals surface area contributed by atoms with Crippen molar-refractivity contribution in [3.8, 4) is 16.3 Å². The zero-order valence-electron chi connectivity index (χ0n) is 11.8. The van der Waals surface area contributed by atoms with E-state index in [1.54, 1.807) is 0 Å². The van der Waals surface area contributed by atoms with Crippen LogP contribution in [0.4, 0.5) is 0 Å². The Labute approximate surface area is 128 Å². The zero-order chi connectivity index (χ0) is 15.7. The molecule has 0 aliphatic rings. The Morgan fingerprint density at radius 2 is 2.05 bits per heavy atom. The van der Waals surface area contributed by atoms with Gasteiger partial charge in [-0.15, -0.1) is 5.10 Å². The van der Waals surface area contributed by atoms with Crippen molar-refractivity contribution >= 4 is 17.4 Å². The van der Waals surface area contributed by atoms with Crippen LogP contribution in [-0.2, 0) is 0 Å². The summed E-state index contributed by atoms with van der Waals surface area (Å²) in [6.45, 7) is 1.96. The van der Waals surface area contributed by atoms with Gasteiger partial charge in [0.15, 0.2) is 11.4 Å². The van der Waals surface area contributed by atoms with Gasteiger partial charge in [0.25, 0.3) is 11.5 Å². The molecular weight excluding hydrogens is 304 g/mol. The third kappa shape index (κ3) is 2.31. The molecule has 0 aliphatic heterocycles. The van der Waals surface area contributed by atoms with E-state index in [1.165, 1.54) is 11.7 Å². The Hall–Kier alpha value is -2.81. The normalized spacial score (nSPS) is 10.6. The zero-order valence-corrected chi connectivity index (χ0v) is 12.6.